The first-order chi connectivity index (χ1) is 9.26. The summed E-state index contributed by atoms with van der Waals surface area (Å²) in [6.45, 7) is 3.40. The molecule has 1 atom stereocenters. The van der Waals surface area contributed by atoms with Crippen molar-refractivity contribution in [1.82, 2.24) is 14.7 Å². The molecule has 1 aliphatic heterocycles. The third kappa shape index (κ3) is 2.57. The summed E-state index contributed by atoms with van der Waals surface area (Å²) in [6.07, 6.45) is 3.83. The van der Waals surface area contributed by atoms with Crippen molar-refractivity contribution < 1.29 is 9.15 Å². The highest BCUT2D eigenvalue weighted by Gasteiger charge is 2.28. The maximum absolute atomic E-state index is 5.43. The topological polar surface area (TPSA) is 43.4 Å². The van der Waals surface area contributed by atoms with Gasteiger partial charge in [-0.1, -0.05) is 0 Å². The van der Waals surface area contributed by atoms with E-state index in [2.05, 4.69) is 16.2 Å². The van der Waals surface area contributed by atoms with Gasteiger partial charge in [0.2, 0.25) is 0 Å². The molecule has 1 aliphatic rings. The molecule has 2 aromatic rings. The number of furan rings is 1. The van der Waals surface area contributed by atoms with Crippen molar-refractivity contribution >= 4 is 0 Å². The van der Waals surface area contributed by atoms with Crippen LogP contribution in [0.15, 0.2) is 29.0 Å². The molecule has 2 aromatic heterocycles. The van der Waals surface area contributed by atoms with E-state index in [0.29, 0.717) is 5.92 Å². The molecular weight excluding hydrogens is 242 g/mol. The minimum atomic E-state index is 0.386. The van der Waals surface area contributed by atoms with E-state index in [0.717, 1.165) is 37.7 Å². The Morgan fingerprint density at radius 3 is 3.16 bits per heavy atom. The van der Waals surface area contributed by atoms with Gasteiger partial charge in [0.15, 0.2) is 0 Å². The van der Waals surface area contributed by atoms with Crippen molar-refractivity contribution in [2.24, 2.45) is 7.05 Å². The molecule has 0 saturated heterocycles. The van der Waals surface area contributed by atoms with Gasteiger partial charge in [-0.15, -0.1) is 0 Å². The van der Waals surface area contributed by atoms with Gasteiger partial charge in [0.1, 0.15) is 5.76 Å². The SMILES string of the molecule is COC[C@@H]1CN(Cc2ccco2)Cc2nn(C)cc21. The van der Waals surface area contributed by atoms with Gasteiger partial charge in [0.05, 0.1) is 25.1 Å². The van der Waals surface area contributed by atoms with E-state index in [9.17, 15) is 0 Å². The number of aromatic nitrogens is 2. The molecule has 0 fully saturated rings. The number of hydrogen-bond acceptors (Lipinski definition) is 4. The first-order valence-electron chi connectivity index (χ1n) is 6.52. The molecule has 0 unspecified atom stereocenters. The summed E-state index contributed by atoms with van der Waals surface area (Å²) >= 11 is 0. The predicted molar refractivity (Wildman–Crippen MR) is 70.6 cm³/mol. The molecule has 102 valence electrons. The van der Waals surface area contributed by atoms with Gasteiger partial charge < -0.3 is 9.15 Å². The van der Waals surface area contributed by atoms with Crippen LogP contribution in [-0.2, 0) is 24.9 Å². The van der Waals surface area contributed by atoms with Gasteiger partial charge >= 0.3 is 0 Å². The van der Waals surface area contributed by atoms with Crippen molar-refractivity contribution in [3.05, 3.63) is 41.6 Å². The Kier molecular flexibility index (Phi) is 3.40. The van der Waals surface area contributed by atoms with E-state index in [-0.39, 0.29) is 0 Å². The fourth-order valence-electron chi connectivity index (χ4n) is 2.79. The predicted octanol–water partition coefficient (Wildman–Crippen LogP) is 1.76. The van der Waals surface area contributed by atoms with Gasteiger partial charge in [-0.25, -0.2) is 0 Å². The highest BCUT2D eigenvalue weighted by atomic mass is 16.5. The second-order valence-electron chi connectivity index (χ2n) is 5.11. The van der Waals surface area contributed by atoms with E-state index in [1.165, 1.54) is 5.56 Å². The fourth-order valence-corrected chi connectivity index (χ4v) is 2.79. The third-order valence-corrected chi connectivity index (χ3v) is 3.56. The van der Waals surface area contributed by atoms with Crippen LogP contribution in [0.5, 0.6) is 0 Å². The second-order valence-corrected chi connectivity index (χ2v) is 5.11. The Bertz CT molecular complexity index is 533. The molecule has 0 aromatic carbocycles. The lowest BCUT2D eigenvalue weighted by atomic mass is 9.95. The molecule has 0 radical (unpaired) electrons. The lowest BCUT2D eigenvalue weighted by Crippen LogP contribution is -2.34. The number of nitrogens with zero attached hydrogens (tertiary/aromatic N) is 3. The molecule has 0 aliphatic carbocycles. The van der Waals surface area contributed by atoms with Crippen LogP contribution in [0, 0.1) is 0 Å². The van der Waals surface area contributed by atoms with Crippen LogP contribution in [0.4, 0.5) is 0 Å². The first-order valence-corrected chi connectivity index (χ1v) is 6.52. The molecule has 5 heteroatoms. The average Bonchev–Trinajstić information content (AvgIpc) is 2.98. The van der Waals surface area contributed by atoms with Crippen LogP contribution >= 0.6 is 0 Å². The van der Waals surface area contributed by atoms with Crippen molar-refractivity contribution in [2.75, 3.05) is 20.3 Å². The van der Waals surface area contributed by atoms with Crippen LogP contribution < -0.4 is 0 Å². The summed E-state index contributed by atoms with van der Waals surface area (Å²) in [7, 11) is 3.72. The lowest BCUT2D eigenvalue weighted by molar-refractivity contribution is 0.131. The second kappa shape index (κ2) is 5.19. The van der Waals surface area contributed by atoms with Gasteiger partial charge in [0, 0.05) is 44.9 Å². The van der Waals surface area contributed by atoms with Crippen molar-refractivity contribution in [3.8, 4) is 0 Å². The number of rotatable bonds is 4. The van der Waals surface area contributed by atoms with Gasteiger partial charge in [-0.3, -0.25) is 9.58 Å². The third-order valence-electron chi connectivity index (χ3n) is 3.56. The average molecular weight is 261 g/mol. The summed E-state index contributed by atoms with van der Waals surface area (Å²) in [5.41, 5.74) is 2.47. The van der Waals surface area contributed by atoms with Crippen molar-refractivity contribution in [2.45, 2.75) is 19.0 Å². The minimum absolute atomic E-state index is 0.386. The smallest absolute Gasteiger partial charge is 0.117 e. The molecule has 19 heavy (non-hydrogen) atoms. The van der Waals surface area contributed by atoms with Crippen LogP contribution in [0.1, 0.15) is 22.9 Å². The Morgan fingerprint density at radius 2 is 2.42 bits per heavy atom. The molecule has 5 nitrogen and oxygen atoms in total. The highest BCUT2D eigenvalue weighted by molar-refractivity contribution is 5.25. The largest absolute Gasteiger partial charge is 0.468 e. The van der Waals surface area contributed by atoms with Crippen LogP contribution in [0.3, 0.4) is 0 Å². The quantitative estimate of drug-likeness (QED) is 0.841. The van der Waals surface area contributed by atoms with E-state index >= 15 is 0 Å². The fraction of sp³-hybridized carbons (Fsp3) is 0.500. The van der Waals surface area contributed by atoms with Gasteiger partial charge in [-0.2, -0.15) is 5.10 Å². The lowest BCUT2D eigenvalue weighted by Gasteiger charge is -2.31. The molecule has 3 rings (SSSR count). The molecular formula is C14H19N3O2. The molecule has 0 spiro atoms. The Labute approximate surface area is 112 Å². The normalized spacial score (nSPS) is 19.6. The molecule has 0 N–H and O–H groups in total. The number of ether oxygens (including phenoxy) is 1. The number of hydrogen-bond donors (Lipinski definition) is 0. The zero-order valence-corrected chi connectivity index (χ0v) is 11.4. The van der Waals surface area contributed by atoms with Crippen LogP contribution in [-0.4, -0.2) is 34.9 Å². The monoisotopic (exact) mass is 261 g/mol. The standard InChI is InChI=1S/C14H19N3O2/c1-16-8-13-11(10-18-2)6-17(9-14(13)15-16)7-12-4-3-5-19-12/h3-5,8,11H,6-7,9-10H2,1-2H3/t11-/m0/s1. The van der Waals surface area contributed by atoms with E-state index in [1.54, 1.807) is 13.4 Å². The van der Waals surface area contributed by atoms with Crippen molar-refractivity contribution in [1.29, 1.82) is 0 Å². The van der Waals surface area contributed by atoms with Crippen LogP contribution in [0.2, 0.25) is 0 Å². The summed E-state index contributed by atoms with van der Waals surface area (Å²) in [4.78, 5) is 2.36. The highest BCUT2D eigenvalue weighted by Crippen LogP contribution is 2.28. The number of aryl methyl sites for hydroxylation is 1. The Morgan fingerprint density at radius 1 is 1.53 bits per heavy atom. The molecule has 0 amide bonds. The number of methoxy groups -OCH3 is 1. The minimum Gasteiger partial charge on any atom is -0.468 e. The summed E-state index contributed by atoms with van der Waals surface area (Å²) < 4.78 is 12.7. The zero-order valence-electron chi connectivity index (χ0n) is 11.4. The molecule has 3 heterocycles. The molecule has 0 bridgehead atoms. The molecule has 0 saturated carbocycles. The maximum Gasteiger partial charge on any atom is 0.117 e. The summed E-state index contributed by atoms with van der Waals surface area (Å²) in [5.74, 6) is 1.38. The van der Waals surface area contributed by atoms with E-state index < -0.39 is 0 Å². The first kappa shape index (κ1) is 12.4. The maximum atomic E-state index is 5.43. The van der Waals surface area contributed by atoms with Crippen molar-refractivity contribution in [3.63, 3.8) is 0 Å². The van der Waals surface area contributed by atoms with Gasteiger partial charge in [-0.05, 0) is 12.1 Å². The van der Waals surface area contributed by atoms with E-state index in [4.69, 9.17) is 9.15 Å². The van der Waals surface area contributed by atoms with Crippen LogP contribution in [0.25, 0.3) is 0 Å². The van der Waals surface area contributed by atoms with E-state index in [1.807, 2.05) is 23.9 Å². The summed E-state index contributed by atoms with van der Waals surface area (Å²) in [6, 6.07) is 3.94. The zero-order chi connectivity index (χ0) is 13.2. The van der Waals surface area contributed by atoms with Gasteiger partial charge in [0.25, 0.3) is 0 Å². The number of fused-ring (bicyclic) bond motifs is 1. The Balaban J connectivity index is 1.79. The Hall–Kier alpha value is -1.59. The summed E-state index contributed by atoms with van der Waals surface area (Å²) in [5, 5.41) is 4.55.